The number of thiophene rings is 1. The van der Waals surface area contributed by atoms with Crippen LogP contribution in [0.4, 0.5) is 10.2 Å². The molecule has 2 atom stereocenters. The Morgan fingerprint density at radius 2 is 1.94 bits per heavy atom. The van der Waals surface area contributed by atoms with Gasteiger partial charge in [0.15, 0.2) is 0 Å². The number of hydrogen-bond donors (Lipinski definition) is 2. The number of fused-ring (bicyclic) bond motifs is 5. The SMILES string of the molecule is COc1cccc2c1CCC2Nc1nccc2cc(-c3c4c(nc(CCc5ccc(F)cc5)c3-c3n[nH]c(=O)o3)C3N(CCC3(C)C)C4=O)sc12. The van der Waals surface area contributed by atoms with Crippen LogP contribution in [-0.4, -0.2) is 44.6 Å². The van der Waals surface area contributed by atoms with Gasteiger partial charge in [-0.1, -0.05) is 38.1 Å². The highest BCUT2D eigenvalue weighted by Crippen LogP contribution is 2.55. The number of halogens is 1. The van der Waals surface area contributed by atoms with Crippen molar-refractivity contribution in [1.29, 1.82) is 0 Å². The Kier molecular flexibility index (Phi) is 7.36. The highest BCUT2D eigenvalue weighted by molar-refractivity contribution is 7.23. The van der Waals surface area contributed by atoms with E-state index in [1.165, 1.54) is 34.6 Å². The zero-order valence-corrected chi connectivity index (χ0v) is 29.2. The predicted octanol–water partition coefficient (Wildman–Crippen LogP) is 7.66. The summed E-state index contributed by atoms with van der Waals surface area (Å²) in [6, 6.07) is 16.5. The lowest BCUT2D eigenvalue weighted by atomic mass is 9.81. The maximum Gasteiger partial charge on any atom is 0.434 e. The van der Waals surface area contributed by atoms with E-state index in [0.717, 1.165) is 57.1 Å². The molecule has 51 heavy (non-hydrogen) atoms. The van der Waals surface area contributed by atoms with Crippen molar-refractivity contribution in [1.82, 2.24) is 25.1 Å². The van der Waals surface area contributed by atoms with Crippen LogP contribution in [-0.2, 0) is 19.3 Å². The molecule has 9 rings (SSSR count). The van der Waals surface area contributed by atoms with Gasteiger partial charge in [0.2, 0.25) is 0 Å². The van der Waals surface area contributed by atoms with Crippen LogP contribution >= 0.6 is 11.3 Å². The van der Waals surface area contributed by atoms with Gasteiger partial charge in [-0.2, -0.15) is 0 Å². The Morgan fingerprint density at radius 3 is 2.73 bits per heavy atom. The largest absolute Gasteiger partial charge is 0.496 e. The van der Waals surface area contributed by atoms with Crippen molar-refractivity contribution in [2.75, 3.05) is 19.0 Å². The molecule has 10 nitrogen and oxygen atoms in total. The van der Waals surface area contributed by atoms with Crippen LogP contribution in [0.25, 0.3) is 32.0 Å². The maximum atomic E-state index is 14.5. The number of carbonyl (C=O) groups is 1. The Bertz CT molecular complexity index is 2420. The van der Waals surface area contributed by atoms with Gasteiger partial charge in [-0.25, -0.2) is 19.3 Å². The van der Waals surface area contributed by atoms with Crippen molar-refractivity contribution in [2.24, 2.45) is 5.41 Å². The molecule has 2 aliphatic heterocycles. The molecule has 1 saturated heterocycles. The number of rotatable bonds is 8. The number of amides is 1. The highest BCUT2D eigenvalue weighted by atomic mass is 32.1. The highest BCUT2D eigenvalue weighted by Gasteiger charge is 2.52. The van der Waals surface area contributed by atoms with E-state index in [1.54, 1.807) is 25.4 Å². The molecule has 12 heteroatoms. The molecule has 1 aliphatic carbocycles. The number of hydrogen-bond acceptors (Lipinski definition) is 9. The van der Waals surface area contributed by atoms with Crippen LogP contribution in [0.5, 0.6) is 5.75 Å². The van der Waals surface area contributed by atoms with Crippen molar-refractivity contribution >= 4 is 33.1 Å². The van der Waals surface area contributed by atoms with Gasteiger partial charge in [0, 0.05) is 23.2 Å². The fourth-order valence-corrected chi connectivity index (χ4v) is 9.44. The fraction of sp³-hybridized carbons (Fsp3) is 0.308. The number of carbonyl (C=O) groups excluding carboxylic acids is 1. The van der Waals surface area contributed by atoms with Gasteiger partial charge in [0.05, 0.1) is 46.4 Å². The standard InChI is InChI=1S/C39H35FN6O4S/c1-39(2)16-18-46-34(39)32-31(37(46)47)30(29(36-44-45-38(48)50-36)26(42-32)13-9-20-7-10-22(40)11-8-20)28-19-21-15-17-41-35(33(21)51-28)43-25-14-12-24-23(25)5-4-6-27(24)49-3/h4-8,10-11,15,17,19,25,34H,9,12-14,16,18H2,1-3H3,(H,41,43)(H,45,48). The van der Waals surface area contributed by atoms with E-state index in [9.17, 15) is 14.0 Å². The molecule has 0 spiro atoms. The minimum atomic E-state index is -0.700. The summed E-state index contributed by atoms with van der Waals surface area (Å²) in [6.07, 6.45) is 5.47. The number of aryl methyl sites for hydroxylation is 2. The van der Waals surface area contributed by atoms with E-state index < -0.39 is 5.76 Å². The Morgan fingerprint density at radius 1 is 1.10 bits per heavy atom. The molecule has 2 aromatic carbocycles. The van der Waals surface area contributed by atoms with Gasteiger partial charge in [0.1, 0.15) is 17.4 Å². The number of anilines is 1. The van der Waals surface area contributed by atoms with Crippen LogP contribution in [0, 0.1) is 11.2 Å². The monoisotopic (exact) mass is 702 g/mol. The summed E-state index contributed by atoms with van der Waals surface area (Å²) in [5.41, 5.74) is 6.23. The van der Waals surface area contributed by atoms with Crippen LogP contribution in [0.2, 0.25) is 0 Å². The van der Waals surface area contributed by atoms with Crippen molar-refractivity contribution < 1.29 is 18.3 Å². The number of aromatic amines is 1. The summed E-state index contributed by atoms with van der Waals surface area (Å²) >= 11 is 1.54. The number of aromatic nitrogens is 4. The van der Waals surface area contributed by atoms with Crippen LogP contribution < -0.4 is 15.8 Å². The third-order valence-electron chi connectivity index (χ3n) is 10.7. The predicted molar refractivity (Wildman–Crippen MR) is 193 cm³/mol. The van der Waals surface area contributed by atoms with Gasteiger partial charge >= 0.3 is 5.76 Å². The number of H-pyrrole nitrogens is 1. The first-order valence-electron chi connectivity index (χ1n) is 17.2. The Balaban J connectivity index is 1.22. The zero-order valence-electron chi connectivity index (χ0n) is 28.4. The van der Waals surface area contributed by atoms with Crippen LogP contribution in [0.15, 0.2) is 70.0 Å². The first kappa shape index (κ1) is 31.6. The number of ether oxygens (including phenoxy) is 1. The second kappa shape index (κ2) is 11.9. The summed E-state index contributed by atoms with van der Waals surface area (Å²) in [5.74, 6) is 0.639. The lowest BCUT2D eigenvalue weighted by Crippen LogP contribution is -2.26. The summed E-state index contributed by atoms with van der Waals surface area (Å²) in [6.45, 7) is 4.99. The normalized spacial score (nSPS) is 18.7. The molecule has 2 unspecified atom stereocenters. The quantitative estimate of drug-likeness (QED) is 0.166. The maximum absolute atomic E-state index is 14.5. The van der Waals surface area contributed by atoms with Crippen molar-refractivity contribution in [3.63, 3.8) is 0 Å². The van der Waals surface area contributed by atoms with Gasteiger partial charge in [-0.3, -0.25) is 9.78 Å². The Labute approximate surface area is 296 Å². The smallest absolute Gasteiger partial charge is 0.434 e. The molecule has 0 radical (unpaired) electrons. The van der Waals surface area contributed by atoms with Crippen molar-refractivity contribution in [3.8, 4) is 27.6 Å². The molecule has 1 fully saturated rings. The summed E-state index contributed by atoms with van der Waals surface area (Å²) in [4.78, 5) is 39.7. The molecule has 4 aromatic heterocycles. The minimum Gasteiger partial charge on any atom is -0.496 e. The molecule has 6 aromatic rings. The molecule has 1 amide bonds. The second-order valence-corrected chi connectivity index (χ2v) is 15.3. The number of pyridine rings is 2. The van der Waals surface area contributed by atoms with E-state index in [-0.39, 0.29) is 35.1 Å². The molecule has 2 N–H and O–H groups in total. The van der Waals surface area contributed by atoms with Gasteiger partial charge in [-0.15, -0.1) is 16.4 Å². The van der Waals surface area contributed by atoms with Crippen molar-refractivity contribution in [2.45, 2.75) is 58.0 Å². The summed E-state index contributed by atoms with van der Waals surface area (Å²) in [7, 11) is 1.70. The molecular formula is C39H35FN6O4S. The third-order valence-corrected chi connectivity index (χ3v) is 11.9. The van der Waals surface area contributed by atoms with E-state index in [2.05, 4.69) is 41.5 Å². The summed E-state index contributed by atoms with van der Waals surface area (Å²) < 4.78 is 26.0. The molecule has 258 valence electrons. The molecule has 3 aliphatic rings. The van der Waals surface area contributed by atoms with Gasteiger partial charge < -0.3 is 19.4 Å². The number of nitrogens with one attached hydrogen (secondary N) is 2. The van der Waals surface area contributed by atoms with Crippen molar-refractivity contribution in [3.05, 3.63) is 111 Å². The fourth-order valence-electron chi connectivity index (χ4n) is 8.27. The molecule has 6 heterocycles. The zero-order chi connectivity index (χ0) is 35.0. The van der Waals surface area contributed by atoms with Crippen LogP contribution in [0.3, 0.4) is 0 Å². The minimum absolute atomic E-state index is 0.0619. The average Bonchev–Trinajstić information content (AvgIpc) is 3.95. The topological polar surface area (TPSA) is 126 Å². The first-order chi connectivity index (χ1) is 24.7. The number of nitrogens with zero attached hydrogens (tertiary/aromatic N) is 4. The number of methoxy groups -OCH3 is 1. The summed E-state index contributed by atoms with van der Waals surface area (Å²) in [5, 5.41) is 11.4. The second-order valence-electron chi connectivity index (χ2n) is 14.2. The lowest BCUT2D eigenvalue weighted by molar-refractivity contribution is 0.0739. The van der Waals surface area contributed by atoms with Gasteiger partial charge in [0.25, 0.3) is 11.8 Å². The van der Waals surface area contributed by atoms with Crippen LogP contribution in [0.1, 0.15) is 77.2 Å². The molecule has 0 bridgehead atoms. The molecular weight excluding hydrogens is 668 g/mol. The third kappa shape index (κ3) is 5.14. The average molecular weight is 703 g/mol. The number of benzene rings is 2. The van der Waals surface area contributed by atoms with E-state index >= 15 is 0 Å². The lowest BCUT2D eigenvalue weighted by Gasteiger charge is -2.27. The molecule has 0 saturated carbocycles. The van der Waals surface area contributed by atoms with Gasteiger partial charge in [-0.05, 0) is 89.9 Å². The van der Waals surface area contributed by atoms with E-state index in [0.29, 0.717) is 41.8 Å². The first-order valence-corrected chi connectivity index (χ1v) is 18.0. The van der Waals surface area contributed by atoms with E-state index in [1.807, 2.05) is 23.1 Å². The van der Waals surface area contributed by atoms with E-state index in [4.69, 9.17) is 19.1 Å². The Hall–Kier alpha value is -5.36.